The molecule has 0 saturated heterocycles. The fourth-order valence-electron chi connectivity index (χ4n) is 1.68. The van der Waals surface area contributed by atoms with Gasteiger partial charge in [0.15, 0.2) is 6.61 Å². The molecule has 2 rings (SSSR count). The van der Waals surface area contributed by atoms with Crippen LogP contribution in [0.15, 0.2) is 36.5 Å². The predicted molar refractivity (Wildman–Crippen MR) is 86.2 cm³/mol. The summed E-state index contributed by atoms with van der Waals surface area (Å²) in [4.78, 5) is 27.4. The molecule has 1 amide bonds. The topological polar surface area (TPSA) is 77.5 Å². The molecule has 0 bridgehead atoms. The Bertz CT molecular complexity index is 737. The van der Waals surface area contributed by atoms with E-state index in [1.807, 2.05) is 0 Å². The molecular formula is C15H12Cl2N2O4. The molecule has 0 aliphatic carbocycles. The molecule has 0 spiro atoms. The van der Waals surface area contributed by atoms with Crippen molar-refractivity contribution in [3.8, 4) is 5.75 Å². The molecule has 0 saturated carbocycles. The first kappa shape index (κ1) is 17.1. The first-order chi connectivity index (χ1) is 11.0. The van der Waals surface area contributed by atoms with Gasteiger partial charge in [0, 0.05) is 6.20 Å². The summed E-state index contributed by atoms with van der Waals surface area (Å²) in [6.07, 6.45) is 1.22. The molecule has 0 radical (unpaired) electrons. The Morgan fingerprint density at radius 3 is 2.70 bits per heavy atom. The molecule has 1 aromatic carbocycles. The third kappa shape index (κ3) is 4.58. The van der Waals surface area contributed by atoms with Crippen molar-refractivity contribution in [2.24, 2.45) is 0 Å². The summed E-state index contributed by atoms with van der Waals surface area (Å²) in [5, 5.41) is 2.79. The normalized spacial score (nSPS) is 10.0. The summed E-state index contributed by atoms with van der Waals surface area (Å²) in [5.41, 5.74) is 0.580. The van der Waals surface area contributed by atoms with Crippen molar-refractivity contribution in [2.45, 2.75) is 0 Å². The van der Waals surface area contributed by atoms with Gasteiger partial charge in [0.1, 0.15) is 10.9 Å². The van der Waals surface area contributed by atoms with E-state index in [2.05, 4.69) is 10.3 Å². The van der Waals surface area contributed by atoms with Crippen LogP contribution in [0.4, 0.5) is 5.69 Å². The first-order valence-electron chi connectivity index (χ1n) is 6.42. The maximum Gasteiger partial charge on any atom is 0.340 e. The average molecular weight is 355 g/mol. The molecule has 0 aliphatic heterocycles. The number of rotatable bonds is 5. The van der Waals surface area contributed by atoms with Crippen LogP contribution in [0.3, 0.4) is 0 Å². The smallest absolute Gasteiger partial charge is 0.340 e. The van der Waals surface area contributed by atoms with E-state index in [1.165, 1.54) is 19.4 Å². The zero-order valence-electron chi connectivity index (χ0n) is 12.0. The number of nitrogens with one attached hydrogen (secondary N) is 1. The van der Waals surface area contributed by atoms with Gasteiger partial charge in [-0.2, -0.15) is 0 Å². The van der Waals surface area contributed by atoms with Gasteiger partial charge in [-0.25, -0.2) is 9.78 Å². The summed E-state index contributed by atoms with van der Waals surface area (Å²) in [7, 11) is 1.49. The van der Waals surface area contributed by atoms with Crippen molar-refractivity contribution in [1.29, 1.82) is 0 Å². The Morgan fingerprint density at radius 2 is 2.00 bits per heavy atom. The number of carbonyl (C=O) groups is 2. The number of pyridine rings is 1. The lowest BCUT2D eigenvalue weighted by molar-refractivity contribution is -0.119. The Balaban J connectivity index is 1.93. The highest BCUT2D eigenvalue weighted by Crippen LogP contribution is 2.23. The number of benzene rings is 1. The summed E-state index contributed by atoms with van der Waals surface area (Å²) >= 11 is 11.4. The Labute approximate surface area is 142 Å². The zero-order chi connectivity index (χ0) is 16.8. The molecule has 1 N–H and O–H groups in total. The zero-order valence-corrected chi connectivity index (χ0v) is 13.5. The van der Waals surface area contributed by atoms with Gasteiger partial charge in [0.2, 0.25) is 0 Å². The predicted octanol–water partition coefficient (Wildman–Crippen LogP) is 3.19. The highest BCUT2D eigenvalue weighted by molar-refractivity contribution is 6.41. The van der Waals surface area contributed by atoms with Crippen LogP contribution in [0.1, 0.15) is 10.4 Å². The number of hydrogen-bond acceptors (Lipinski definition) is 5. The van der Waals surface area contributed by atoms with Crippen LogP contribution < -0.4 is 10.1 Å². The van der Waals surface area contributed by atoms with Gasteiger partial charge in [-0.3, -0.25) is 4.79 Å². The third-order valence-electron chi connectivity index (χ3n) is 2.75. The summed E-state index contributed by atoms with van der Waals surface area (Å²) in [5.74, 6) is -0.733. The molecule has 8 heteroatoms. The van der Waals surface area contributed by atoms with Gasteiger partial charge in [0.25, 0.3) is 5.91 Å². The van der Waals surface area contributed by atoms with Gasteiger partial charge in [0.05, 0.1) is 23.4 Å². The quantitative estimate of drug-likeness (QED) is 0.658. The van der Waals surface area contributed by atoms with E-state index in [0.29, 0.717) is 11.4 Å². The second-order valence-electron chi connectivity index (χ2n) is 4.32. The Hall–Kier alpha value is -2.31. The van der Waals surface area contributed by atoms with E-state index in [1.54, 1.807) is 24.3 Å². The van der Waals surface area contributed by atoms with Crippen LogP contribution in [0.2, 0.25) is 10.2 Å². The van der Waals surface area contributed by atoms with Crippen molar-refractivity contribution in [3.63, 3.8) is 0 Å². The van der Waals surface area contributed by atoms with Crippen molar-refractivity contribution >= 4 is 40.8 Å². The minimum absolute atomic E-state index is 0.0807. The lowest BCUT2D eigenvalue weighted by atomic mass is 10.3. The molecule has 0 atom stereocenters. The number of nitrogens with zero attached hydrogens (tertiary/aromatic N) is 1. The molecule has 2 aromatic rings. The molecule has 23 heavy (non-hydrogen) atoms. The van der Waals surface area contributed by atoms with Crippen molar-refractivity contribution in [3.05, 3.63) is 52.3 Å². The average Bonchev–Trinajstić information content (AvgIpc) is 2.55. The van der Waals surface area contributed by atoms with E-state index in [-0.39, 0.29) is 15.7 Å². The van der Waals surface area contributed by atoms with Crippen LogP contribution >= 0.6 is 23.2 Å². The number of aromatic nitrogens is 1. The van der Waals surface area contributed by atoms with Crippen molar-refractivity contribution < 1.29 is 19.1 Å². The number of ether oxygens (including phenoxy) is 2. The van der Waals surface area contributed by atoms with E-state index in [4.69, 9.17) is 32.7 Å². The minimum atomic E-state index is -0.730. The SMILES string of the molecule is COc1ccccc1NC(=O)COC(=O)c1cnc(Cl)c(Cl)c1. The van der Waals surface area contributed by atoms with Crippen LogP contribution in [-0.4, -0.2) is 30.6 Å². The molecule has 0 aliphatic rings. The largest absolute Gasteiger partial charge is 0.495 e. The Morgan fingerprint density at radius 1 is 1.26 bits per heavy atom. The summed E-state index contributed by atoms with van der Waals surface area (Å²) in [6.45, 7) is -0.461. The molecular weight excluding hydrogens is 343 g/mol. The number of anilines is 1. The molecule has 1 aromatic heterocycles. The highest BCUT2D eigenvalue weighted by Gasteiger charge is 2.13. The number of methoxy groups -OCH3 is 1. The number of halogens is 2. The molecule has 0 fully saturated rings. The number of para-hydroxylation sites is 2. The molecule has 120 valence electrons. The monoisotopic (exact) mass is 354 g/mol. The van der Waals surface area contributed by atoms with Crippen LogP contribution in [0.5, 0.6) is 5.75 Å². The summed E-state index contributed by atoms with van der Waals surface area (Å²) < 4.78 is 10.0. The Kier molecular flexibility index (Phi) is 5.78. The van der Waals surface area contributed by atoms with E-state index in [0.717, 1.165) is 0 Å². The maximum absolute atomic E-state index is 11.8. The van der Waals surface area contributed by atoms with Gasteiger partial charge >= 0.3 is 5.97 Å². The van der Waals surface area contributed by atoms with Crippen LogP contribution in [-0.2, 0) is 9.53 Å². The second kappa shape index (κ2) is 7.80. The van der Waals surface area contributed by atoms with Crippen molar-refractivity contribution in [2.75, 3.05) is 19.0 Å². The lowest BCUT2D eigenvalue weighted by Gasteiger charge is -2.10. The van der Waals surface area contributed by atoms with Gasteiger partial charge in [-0.1, -0.05) is 35.3 Å². The van der Waals surface area contributed by atoms with E-state index in [9.17, 15) is 9.59 Å². The molecule has 6 nitrogen and oxygen atoms in total. The van der Waals surface area contributed by atoms with Gasteiger partial charge < -0.3 is 14.8 Å². The molecule has 1 heterocycles. The number of esters is 1. The second-order valence-corrected chi connectivity index (χ2v) is 5.09. The molecule has 0 unspecified atom stereocenters. The number of hydrogen-bond donors (Lipinski definition) is 1. The fraction of sp³-hybridized carbons (Fsp3) is 0.133. The van der Waals surface area contributed by atoms with E-state index >= 15 is 0 Å². The lowest BCUT2D eigenvalue weighted by Crippen LogP contribution is -2.21. The van der Waals surface area contributed by atoms with Crippen molar-refractivity contribution in [1.82, 2.24) is 4.98 Å². The minimum Gasteiger partial charge on any atom is -0.495 e. The highest BCUT2D eigenvalue weighted by atomic mass is 35.5. The van der Waals surface area contributed by atoms with Crippen LogP contribution in [0, 0.1) is 0 Å². The summed E-state index contributed by atoms with van der Waals surface area (Å²) in [6, 6.07) is 8.19. The van der Waals surface area contributed by atoms with Gasteiger partial charge in [-0.15, -0.1) is 0 Å². The number of carbonyl (C=O) groups excluding carboxylic acids is 2. The number of amides is 1. The fourth-order valence-corrected chi connectivity index (χ4v) is 1.95. The standard InChI is InChI=1S/C15H12Cl2N2O4/c1-22-12-5-3-2-4-11(12)19-13(20)8-23-15(21)9-6-10(16)14(17)18-7-9/h2-7H,8H2,1H3,(H,19,20). The first-order valence-corrected chi connectivity index (χ1v) is 7.18. The third-order valence-corrected chi connectivity index (χ3v) is 3.43. The van der Waals surface area contributed by atoms with Crippen LogP contribution in [0.25, 0.3) is 0 Å². The van der Waals surface area contributed by atoms with Gasteiger partial charge in [-0.05, 0) is 18.2 Å². The maximum atomic E-state index is 11.8. The van der Waals surface area contributed by atoms with E-state index < -0.39 is 18.5 Å².